The summed E-state index contributed by atoms with van der Waals surface area (Å²) >= 11 is 1.51. The summed E-state index contributed by atoms with van der Waals surface area (Å²) in [6, 6.07) is 7.67. The van der Waals surface area contributed by atoms with Crippen LogP contribution in [0.25, 0.3) is 0 Å². The fourth-order valence-corrected chi connectivity index (χ4v) is 4.10. The molecule has 1 aliphatic carbocycles. The Kier molecular flexibility index (Phi) is 3.76. The Morgan fingerprint density at radius 1 is 1.38 bits per heavy atom. The second-order valence-corrected chi connectivity index (χ2v) is 7.07. The van der Waals surface area contributed by atoms with Crippen molar-refractivity contribution in [2.24, 2.45) is 0 Å². The molecule has 1 saturated carbocycles. The molecule has 0 unspecified atom stereocenters. The number of carbonyl (C=O) groups excluding carboxylic acids is 2. The first-order valence-electron chi connectivity index (χ1n) is 7.87. The average molecular weight is 343 g/mol. The van der Waals surface area contributed by atoms with Crippen LogP contribution >= 0.6 is 11.8 Å². The van der Waals surface area contributed by atoms with Crippen molar-refractivity contribution in [1.82, 2.24) is 20.5 Å². The van der Waals surface area contributed by atoms with E-state index in [-0.39, 0.29) is 18.4 Å². The van der Waals surface area contributed by atoms with E-state index in [0.717, 1.165) is 29.8 Å². The lowest BCUT2D eigenvalue weighted by atomic mass is 9.76. The van der Waals surface area contributed by atoms with Crippen LogP contribution in [0.2, 0.25) is 0 Å². The first kappa shape index (κ1) is 15.2. The molecular formula is C16H17N5O2S. The second-order valence-electron chi connectivity index (χ2n) is 6.05. The number of H-pyrrole nitrogens is 1. The Morgan fingerprint density at radius 3 is 2.92 bits per heavy atom. The van der Waals surface area contributed by atoms with E-state index in [1.54, 1.807) is 4.90 Å². The predicted molar refractivity (Wildman–Crippen MR) is 89.6 cm³/mol. The van der Waals surface area contributed by atoms with E-state index < -0.39 is 5.54 Å². The van der Waals surface area contributed by atoms with Crippen LogP contribution in [0.4, 0.5) is 5.69 Å². The number of aromatic amines is 1. The molecule has 8 heteroatoms. The molecule has 0 radical (unpaired) electrons. The maximum absolute atomic E-state index is 12.6. The minimum absolute atomic E-state index is 0.0201. The summed E-state index contributed by atoms with van der Waals surface area (Å²) in [5, 5.41) is 9.79. The monoisotopic (exact) mass is 343 g/mol. The highest BCUT2D eigenvalue weighted by Crippen LogP contribution is 2.39. The molecule has 4 rings (SSSR count). The number of nitrogens with zero attached hydrogens (tertiary/aromatic N) is 3. The molecule has 2 N–H and O–H groups in total. The summed E-state index contributed by atoms with van der Waals surface area (Å²) in [7, 11) is 0. The summed E-state index contributed by atoms with van der Waals surface area (Å²) in [6.07, 6.45) is 4.13. The van der Waals surface area contributed by atoms with Crippen molar-refractivity contribution in [2.45, 2.75) is 29.7 Å². The molecule has 0 spiro atoms. The molecule has 2 aromatic rings. The fraction of sp³-hybridized carbons (Fsp3) is 0.375. The van der Waals surface area contributed by atoms with E-state index in [2.05, 4.69) is 20.5 Å². The van der Waals surface area contributed by atoms with Gasteiger partial charge in [0.25, 0.3) is 0 Å². The summed E-state index contributed by atoms with van der Waals surface area (Å²) in [4.78, 5) is 31.6. The number of hydrogen-bond acceptors (Lipinski definition) is 5. The Labute approximate surface area is 143 Å². The molecule has 1 aromatic heterocycles. The number of nitrogens with one attached hydrogen (secondary N) is 2. The normalized spacial score (nSPS) is 18.7. The van der Waals surface area contributed by atoms with Crippen molar-refractivity contribution in [2.75, 3.05) is 17.2 Å². The fourth-order valence-electron chi connectivity index (χ4n) is 3.16. The smallest absolute Gasteiger partial charge is 0.240 e. The van der Waals surface area contributed by atoms with Gasteiger partial charge in [0, 0.05) is 4.90 Å². The molecule has 0 atom stereocenters. The lowest BCUT2D eigenvalue weighted by Gasteiger charge is -2.41. The van der Waals surface area contributed by atoms with Gasteiger partial charge in [0.1, 0.15) is 18.7 Å². The maximum atomic E-state index is 12.6. The highest BCUT2D eigenvalue weighted by molar-refractivity contribution is 8.00. The number of anilines is 1. The second kappa shape index (κ2) is 5.94. The van der Waals surface area contributed by atoms with E-state index >= 15 is 0 Å². The summed E-state index contributed by atoms with van der Waals surface area (Å²) in [5.41, 5.74) is 0.331. The molecule has 0 bridgehead atoms. The van der Waals surface area contributed by atoms with Gasteiger partial charge in [0.05, 0.1) is 17.0 Å². The van der Waals surface area contributed by atoms with Gasteiger partial charge in [-0.05, 0) is 31.4 Å². The summed E-state index contributed by atoms with van der Waals surface area (Å²) < 4.78 is 0. The van der Waals surface area contributed by atoms with Crippen LogP contribution < -0.4 is 10.2 Å². The van der Waals surface area contributed by atoms with Crippen LogP contribution in [-0.2, 0) is 15.1 Å². The van der Waals surface area contributed by atoms with Crippen molar-refractivity contribution >= 4 is 29.3 Å². The van der Waals surface area contributed by atoms with Crippen molar-refractivity contribution in [3.05, 3.63) is 36.4 Å². The van der Waals surface area contributed by atoms with Crippen LogP contribution in [-0.4, -0.2) is 39.3 Å². The number of benzene rings is 1. The Morgan fingerprint density at radius 2 is 2.21 bits per heavy atom. The highest BCUT2D eigenvalue weighted by Gasteiger charge is 2.43. The topological polar surface area (TPSA) is 91.0 Å². The lowest BCUT2D eigenvalue weighted by Crippen LogP contribution is -2.54. The van der Waals surface area contributed by atoms with Crippen molar-refractivity contribution in [1.29, 1.82) is 0 Å². The molecule has 1 aliphatic heterocycles. The lowest BCUT2D eigenvalue weighted by molar-refractivity contribution is -0.125. The number of fused-ring (bicyclic) bond motifs is 1. The van der Waals surface area contributed by atoms with Gasteiger partial charge in [0.15, 0.2) is 0 Å². The zero-order valence-electron chi connectivity index (χ0n) is 13.0. The number of para-hydroxylation sites is 1. The zero-order valence-corrected chi connectivity index (χ0v) is 13.8. The van der Waals surface area contributed by atoms with Crippen molar-refractivity contribution in [3.63, 3.8) is 0 Å². The summed E-state index contributed by atoms with van der Waals surface area (Å²) in [5.74, 6) is 0.817. The SMILES string of the molecule is O=C(CN1C(=O)CSc2ccccc21)NC1(c2ncn[nH]2)CCC1. The van der Waals surface area contributed by atoms with Crippen LogP contribution in [0, 0.1) is 0 Å². The van der Waals surface area contributed by atoms with Gasteiger partial charge in [-0.3, -0.25) is 14.7 Å². The number of rotatable bonds is 4. The van der Waals surface area contributed by atoms with Crippen LogP contribution in [0.15, 0.2) is 35.5 Å². The van der Waals surface area contributed by atoms with Gasteiger partial charge >= 0.3 is 0 Å². The van der Waals surface area contributed by atoms with E-state index in [0.29, 0.717) is 11.6 Å². The molecule has 2 heterocycles. The Balaban J connectivity index is 1.51. The van der Waals surface area contributed by atoms with Gasteiger partial charge in [-0.1, -0.05) is 12.1 Å². The molecule has 0 saturated heterocycles. The largest absolute Gasteiger partial charge is 0.342 e. The third-order valence-corrected chi connectivity index (χ3v) is 5.61. The predicted octanol–water partition coefficient (Wildman–Crippen LogP) is 1.44. The van der Waals surface area contributed by atoms with E-state index in [4.69, 9.17) is 0 Å². The first-order valence-corrected chi connectivity index (χ1v) is 8.86. The van der Waals surface area contributed by atoms with Crippen LogP contribution in [0.3, 0.4) is 0 Å². The van der Waals surface area contributed by atoms with Crippen molar-refractivity contribution < 1.29 is 9.59 Å². The Hall–Kier alpha value is -2.35. The van der Waals surface area contributed by atoms with E-state index in [1.807, 2.05) is 24.3 Å². The van der Waals surface area contributed by atoms with Gasteiger partial charge in [-0.15, -0.1) is 11.8 Å². The van der Waals surface area contributed by atoms with Crippen LogP contribution in [0.1, 0.15) is 25.1 Å². The molecule has 2 aliphatic rings. The standard InChI is InChI=1S/C16H17N5O2S/c22-13(19-16(6-3-7-16)15-17-10-18-20-15)8-21-11-4-1-2-5-12(11)24-9-14(21)23/h1-2,4-5,10H,3,6-9H2,(H,19,22)(H,17,18,20). The molecule has 1 fully saturated rings. The molecule has 2 amide bonds. The molecule has 124 valence electrons. The number of amides is 2. The van der Waals surface area contributed by atoms with Gasteiger partial charge in [-0.25, -0.2) is 4.98 Å². The number of aromatic nitrogens is 3. The van der Waals surface area contributed by atoms with Gasteiger partial charge in [-0.2, -0.15) is 5.10 Å². The highest BCUT2D eigenvalue weighted by atomic mass is 32.2. The molecule has 24 heavy (non-hydrogen) atoms. The molecule has 1 aromatic carbocycles. The number of carbonyl (C=O) groups is 2. The molecule has 7 nitrogen and oxygen atoms in total. The third-order valence-electron chi connectivity index (χ3n) is 4.56. The number of thioether (sulfide) groups is 1. The average Bonchev–Trinajstić information content (AvgIpc) is 3.08. The zero-order chi connectivity index (χ0) is 16.6. The molecular weight excluding hydrogens is 326 g/mol. The van der Waals surface area contributed by atoms with E-state index in [1.165, 1.54) is 18.1 Å². The van der Waals surface area contributed by atoms with Gasteiger partial charge < -0.3 is 10.2 Å². The van der Waals surface area contributed by atoms with Crippen molar-refractivity contribution in [3.8, 4) is 0 Å². The van der Waals surface area contributed by atoms with E-state index in [9.17, 15) is 9.59 Å². The minimum Gasteiger partial charge on any atom is -0.342 e. The first-order chi connectivity index (χ1) is 11.7. The Bertz CT molecular complexity index is 773. The summed E-state index contributed by atoms with van der Waals surface area (Å²) in [6.45, 7) is 0.0201. The van der Waals surface area contributed by atoms with Gasteiger partial charge in [0.2, 0.25) is 11.8 Å². The third kappa shape index (κ3) is 2.56. The minimum atomic E-state index is -0.472. The number of hydrogen-bond donors (Lipinski definition) is 2. The quantitative estimate of drug-likeness (QED) is 0.876. The van der Waals surface area contributed by atoms with Crippen LogP contribution in [0.5, 0.6) is 0 Å². The maximum Gasteiger partial charge on any atom is 0.240 e.